The Hall–Kier alpha value is -2.64. The van der Waals surface area contributed by atoms with Gasteiger partial charge in [-0.05, 0) is 50.3 Å². The molecule has 2 aromatic rings. The summed E-state index contributed by atoms with van der Waals surface area (Å²) in [6.07, 6.45) is 2.35. The van der Waals surface area contributed by atoms with E-state index in [1.54, 1.807) is 6.07 Å². The van der Waals surface area contributed by atoms with Gasteiger partial charge in [-0.25, -0.2) is 9.38 Å². The molecule has 1 aliphatic carbocycles. The third kappa shape index (κ3) is 6.18. The van der Waals surface area contributed by atoms with Crippen LogP contribution in [0.3, 0.4) is 0 Å². The van der Waals surface area contributed by atoms with E-state index in [-0.39, 0.29) is 23.8 Å². The van der Waals surface area contributed by atoms with Crippen LogP contribution in [-0.4, -0.2) is 29.3 Å². The van der Waals surface area contributed by atoms with E-state index >= 15 is 0 Å². The van der Waals surface area contributed by atoms with Crippen molar-refractivity contribution in [3.05, 3.63) is 41.3 Å². The van der Waals surface area contributed by atoms with E-state index in [1.165, 1.54) is 18.9 Å². The number of halogens is 1. The molecule has 8 heteroatoms. The molecule has 1 aromatic heterocycles. The molecule has 1 fully saturated rings. The molecule has 7 nitrogen and oxygen atoms in total. The van der Waals surface area contributed by atoms with Crippen molar-refractivity contribution in [1.29, 1.82) is 0 Å². The van der Waals surface area contributed by atoms with E-state index < -0.39 is 0 Å². The standard InChI is InChI=1S/C22H32FN5O2/c1-6-24-21(25-12-19-27-20(30-28-19)22(3,4)5)26-14(2)16-9-10-18(17(23)11-16)29-13-15-7-8-15/h9-11,14-15H,6-8,12-13H2,1-5H3,(H2,24,25,26). The van der Waals surface area contributed by atoms with Crippen LogP contribution >= 0.6 is 0 Å². The zero-order valence-corrected chi connectivity index (χ0v) is 18.5. The highest BCUT2D eigenvalue weighted by molar-refractivity contribution is 5.80. The molecule has 0 amide bonds. The number of rotatable bonds is 8. The van der Waals surface area contributed by atoms with Crippen molar-refractivity contribution in [1.82, 2.24) is 20.8 Å². The number of benzene rings is 1. The van der Waals surface area contributed by atoms with Gasteiger partial charge in [0.1, 0.15) is 6.54 Å². The molecule has 0 aliphatic heterocycles. The molecular weight excluding hydrogens is 385 g/mol. The molecule has 0 bridgehead atoms. The first-order chi connectivity index (χ1) is 14.3. The fourth-order valence-electron chi connectivity index (χ4n) is 2.78. The lowest BCUT2D eigenvalue weighted by Crippen LogP contribution is -2.38. The molecule has 1 heterocycles. The summed E-state index contributed by atoms with van der Waals surface area (Å²) in [5.74, 6) is 2.26. The predicted molar refractivity (Wildman–Crippen MR) is 114 cm³/mol. The molecule has 1 aromatic carbocycles. The molecule has 164 valence electrons. The summed E-state index contributed by atoms with van der Waals surface area (Å²) in [5.41, 5.74) is 0.608. The number of nitrogens with zero attached hydrogens (tertiary/aromatic N) is 3. The molecule has 30 heavy (non-hydrogen) atoms. The largest absolute Gasteiger partial charge is 0.490 e. The molecule has 0 saturated heterocycles. The molecule has 1 unspecified atom stereocenters. The van der Waals surface area contributed by atoms with Gasteiger partial charge >= 0.3 is 0 Å². The van der Waals surface area contributed by atoms with Gasteiger partial charge in [0.15, 0.2) is 23.4 Å². The Kier molecular flexibility index (Phi) is 6.95. The maximum Gasteiger partial charge on any atom is 0.232 e. The maximum atomic E-state index is 14.4. The van der Waals surface area contributed by atoms with E-state index in [1.807, 2.05) is 40.7 Å². The van der Waals surface area contributed by atoms with Crippen LogP contribution in [0.15, 0.2) is 27.7 Å². The van der Waals surface area contributed by atoms with Gasteiger partial charge < -0.3 is 19.9 Å². The highest BCUT2D eigenvalue weighted by Crippen LogP contribution is 2.30. The fourth-order valence-corrected chi connectivity index (χ4v) is 2.78. The lowest BCUT2D eigenvalue weighted by Gasteiger charge is -2.18. The summed E-state index contributed by atoms with van der Waals surface area (Å²) in [5, 5.41) is 10.5. The Morgan fingerprint density at radius 3 is 2.73 bits per heavy atom. The summed E-state index contributed by atoms with van der Waals surface area (Å²) >= 11 is 0. The van der Waals surface area contributed by atoms with Crippen LogP contribution in [0.5, 0.6) is 5.75 Å². The predicted octanol–water partition coefficient (Wildman–Crippen LogP) is 4.11. The van der Waals surface area contributed by atoms with Gasteiger partial charge in [-0.3, -0.25) is 0 Å². The summed E-state index contributed by atoms with van der Waals surface area (Å²) in [7, 11) is 0. The number of guanidine groups is 1. The Labute approximate surface area is 177 Å². The second kappa shape index (κ2) is 9.45. The van der Waals surface area contributed by atoms with Gasteiger partial charge in [0.05, 0.1) is 12.6 Å². The van der Waals surface area contributed by atoms with Crippen molar-refractivity contribution >= 4 is 5.96 Å². The summed E-state index contributed by atoms with van der Waals surface area (Å²) in [6, 6.07) is 4.94. The number of aliphatic imine (C=N–C) groups is 1. The lowest BCUT2D eigenvalue weighted by atomic mass is 9.97. The number of hydrogen-bond donors (Lipinski definition) is 2. The van der Waals surface area contributed by atoms with Gasteiger partial charge in [-0.2, -0.15) is 4.98 Å². The summed E-state index contributed by atoms with van der Waals surface area (Å²) in [4.78, 5) is 8.93. The third-order valence-corrected chi connectivity index (χ3v) is 4.81. The second-order valence-corrected chi connectivity index (χ2v) is 8.77. The first kappa shape index (κ1) is 22.1. The van der Waals surface area contributed by atoms with E-state index in [0.717, 1.165) is 5.56 Å². The first-order valence-corrected chi connectivity index (χ1v) is 10.6. The van der Waals surface area contributed by atoms with Crippen LogP contribution in [0.1, 0.15) is 70.8 Å². The molecular formula is C22H32FN5O2. The lowest BCUT2D eigenvalue weighted by molar-refractivity contribution is 0.285. The van der Waals surface area contributed by atoms with Crippen molar-refractivity contribution in [2.75, 3.05) is 13.2 Å². The average Bonchev–Trinajstić information content (AvgIpc) is 3.38. The quantitative estimate of drug-likeness (QED) is 0.497. The Bertz CT molecular complexity index is 871. The minimum absolute atomic E-state index is 0.148. The zero-order valence-electron chi connectivity index (χ0n) is 18.5. The zero-order chi connectivity index (χ0) is 21.7. The maximum absolute atomic E-state index is 14.4. The minimum Gasteiger partial charge on any atom is -0.490 e. The Morgan fingerprint density at radius 2 is 2.13 bits per heavy atom. The van der Waals surface area contributed by atoms with E-state index in [9.17, 15) is 4.39 Å². The van der Waals surface area contributed by atoms with Crippen molar-refractivity contribution in [2.45, 2.75) is 65.5 Å². The Balaban J connectivity index is 1.62. The van der Waals surface area contributed by atoms with Gasteiger partial charge in [-0.15, -0.1) is 0 Å². The van der Waals surface area contributed by atoms with Gasteiger partial charge in [0, 0.05) is 12.0 Å². The monoisotopic (exact) mass is 417 g/mol. The van der Waals surface area contributed by atoms with Crippen LogP contribution in [0, 0.1) is 11.7 Å². The van der Waals surface area contributed by atoms with Gasteiger partial charge in [-0.1, -0.05) is 32.0 Å². The second-order valence-electron chi connectivity index (χ2n) is 8.77. The molecule has 0 spiro atoms. The van der Waals surface area contributed by atoms with Crippen LogP contribution in [0.25, 0.3) is 0 Å². The summed E-state index contributed by atoms with van der Waals surface area (Å²) in [6.45, 7) is 11.6. The highest BCUT2D eigenvalue weighted by Gasteiger charge is 2.23. The summed E-state index contributed by atoms with van der Waals surface area (Å²) < 4.78 is 25.3. The van der Waals surface area contributed by atoms with Crippen LogP contribution in [0.2, 0.25) is 0 Å². The number of ether oxygens (including phenoxy) is 1. The van der Waals surface area contributed by atoms with Crippen molar-refractivity contribution in [3.63, 3.8) is 0 Å². The number of aromatic nitrogens is 2. The number of hydrogen-bond acceptors (Lipinski definition) is 5. The Morgan fingerprint density at radius 1 is 1.37 bits per heavy atom. The minimum atomic E-state index is -0.342. The fraction of sp³-hybridized carbons (Fsp3) is 0.591. The van der Waals surface area contributed by atoms with Crippen LogP contribution < -0.4 is 15.4 Å². The van der Waals surface area contributed by atoms with Crippen molar-refractivity contribution in [3.8, 4) is 5.75 Å². The molecule has 1 aliphatic rings. The van der Waals surface area contributed by atoms with E-state index in [2.05, 4.69) is 25.8 Å². The van der Waals surface area contributed by atoms with E-state index in [4.69, 9.17) is 9.26 Å². The average molecular weight is 418 g/mol. The normalized spacial score (nSPS) is 15.7. The van der Waals surface area contributed by atoms with Crippen LogP contribution in [0.4, 0.5) is 4.39 Å². The molecule has 1 saturated carbocycles. The van der Waals surface area contributed by atoms with Crippen LogP contribution in [-0.2, 0) is 12.0 Å². The van der Waals surface area contributed by atoms with E-state index in [0.29, 0.717) is 42.5 Å². The topological polar surface area (TPSA) is 84.6 Å². The van der Waals surface area contributed by atoms with Gasteiger partial charge in [0.25, 0.3) is 0 Å². The highest BCUT2D eigenvalue weighted by atomic mass is 19.1. The molecule has 3 rings (SSSR count). The first-order valence-electron chi connectivity index (χ1n) is 10.6. The molecule has 0 radical (unpaired) electrons. The van der Waals surface area contributed by atoms with Crippen molar-refractivity contribution in [2.24, 2.45) is 10.9 Å². The smallest absolute Gasteiger partial charge is 0.232 e. The van der Waals surface area contributed by atoms with Crippen molar-refractivity contribution < 1.29 is 13.7 Å². The molecule has 1 atom stereocenters. The SMILES string of the molecule is CCNC(=NCc1noc(C(C)(C)C)n1)NC(C)c1ccc(OCC2CC2)c(F)c1. The molecule has 2 N–H and O–H groups in total. The van der Waals surface area contributed by atoms with Gasteiger partial charge in [0.2, 0.25) is 5.89 Å². The third-order valence-electron chi connectivity index (χ3n) is 4.81. The number of nitrogens with one attached hydrogen (secondary N) is 2.